The van der Waals surface area contributed by atoms with Gasteiger partial charge in [-0.15, -0.1) is 0 Å². The quantitative estimate of drug-likeness (QED) is 0.170. The van der Waals surface area contributed by atoms with Gasteiger partial charge in [-0.25, -0.2) is 0 Å². The molecule has 1 saturated carbocycles. The number of likely N-dealkylation sites (N-methyl/N-ethyl adjacent to an activating group) is 1. The second-order valence-electron chi connectivity index (χ2n) is 14.1. The fourth-order valence-electron chi connectivity index (χ4n) is 6.95. The lowest BCUT2D eigenvalue weighted by Gasteiger charge is -2.50. The monoisotopic (exact) mass is 627 g/mol. The van der Waals surface area contributed by atoms with Gasteiger partial charge >= 0.3 is 0 Å². The van der Waals surface area contributed by atoms with E-state index in [2.05, 4.69) is 10.6 Å². The molecule has 0 radical (unpaired) electrons. The van der Waals surface area contributed by atoms with E-state index in [1.165, 1.54) is 4.90 Å². The van der Waals surface area contributed by atoms with Crippen LogP contribution in [0.1, 0.15) is 52.2 Å². The van der Waals surface area contributed by atoms with Crippen molar-refractivity contribution in [1.82, 2.24) is 10.2 Å². The molecule has 3 aliphatic carbocycles. The molecule has 0 spiro atoms. The Hall–Kier alpha value is -4.10. The molecule has 8 N–H and O–H groups in total. The van der Waals surface area contributed by atoms with Crippen molar-refractivity contribution < 1.29 is 39.6 Å². The third-order valence-corrected chi connectivity index (χ3v) is 8.94. The predicted octanol–water partition coefficient (Wildman–Crippen LogP) is 1.38. The fraction of sp³-hybridized carbons (Fsp3) is 0.562. The van der Waals surface area contributed by atoms with Crippen LogP contribution in [0.4, 0.5) is 11.4 Å². The number of carbonyl (C=O) groups is 4. The van der Waals surface area contributed by atoms with Crippen molar-refractivity contribution in [3.8, 4) is 5.75 Å². The lowest BCUT2D eigenvalue weighted by Crippen LogP contribution is -2.65. The molecular weight excluding hydrogens is 582 g/mol. The van der Waals surface area contributed by atoms with Gasteiger partial charge < -0.3 is 41.7 Å². The summed E-state index contributed by atoms with van der Waals surface area (Å²) in [6, 6.07) is -0.264. The first-order valence-electron chi connectivity index (χ1n) is 14.9. The van der Waals surface area contributed by atoms with Crippen molar-refractivity contribution in [3.05, 3.63) is 34.1 Å². The number of phenols is 1. The topological polar surface area (TPSA) is 206 Å². The molecule has 13 nitrogen and oxygen atoms in total. The molecular formula is C32H45N5O8. The third-order valence-electron chi connectivity index (χ3n) is 8.94. The lowest BCUT2D eigenvalue weighted by atomic mass is 9.57. The van der Waals surface area contributed by atoms with E-state index in [1.54, 1.807) is 39.2 Å². The van der Waals surface area contributed by atoms with Gasteiger partial charge in [0, 0.05) is 36.8 Å². The van der Waals surface area contributed by atoms with E-state index in [0.29, 0.717) is 11.3 Å². The number of nitrogens with one attached hydrogen (secondary N) is 2. The Balaban J connectivity index is 1.92. The molecule has 0 aromatic heterocycles. The van der Waals surface area contributed by atoms with Gasteiger partial charge in [-0.3, -0.25) is 24.1 Å². The zero-order chi connectivity index (χ0) is 34.1. The molecule has 1 aromatic rings. The predicted molar refractivity (Wildman–Crippen MR) is 169 cm³/mol. The number of carbonyl (C=O) groups excluding carboxylic acids is 4. The largest absolute Gasteiger partial charge is 0.508 e. The number of aromatic hydroxyl groups is 1. The van der Waals surface area contributed by atoms with Gasteiger partial charge in [0.05, 0.1) is 17.3 Å². The fourth-order valence-corrected chi connectivity index (χ4v) is 6.95. The molecule has 2 amide bonds. The summed E-state index contributed by atoms with van der Waals surface area (Å²) >= 11 is 0. The minimum Gasteiger partial charge on any atom is -0.508 e. The highest BCUT2D eigenvalue weighted by molar-refractivity contribution is 6.24. The minimum absolute atomic E-state index is 0.0121. The summed E-state index contributed by atoms with van der Waals surface area (Å²) in [5, 5.41) is 52.3. The van der Waals surface area contributed by atoms with Gasteiger partial charge in [-0.1, -0.05) is 13.8 Å². The second kappa shape index (κ2) is 11.4. The van der Waals surface area contributed by atoms with E-state index in [1.807, 2.05) is 34.6 Å². The maximum Gasteiger partial charge on any atom is 0.255 e. The summed E-state index contributed by atoms with van der Waals surface area (Å²) in [7, 11) is 6.66. The van der Waals surface area contributed by atoms with Crippen molar-refractivity contribution in [3.63, 3.8) is 0 Å². The molecule has 45 heavy (non-hydrogen) atoms. The van der Waals surface area contributed by atoms with Crippen molar-refractivity contribution in [2.24, 2.45) is 23.5 Å². The van der Waals surface area contributed by atoms with Crippen LogP contribution in [0.15, 0.2) is 23.0 Å². The summed E-state index contributed by atoms with van der Waals surface area (Å²) < 4.78 is 0. The van der Waals surface area contributed by atoms with Crippen molar-refractivity contribution in [2.45, 2.75) is 70.7 Å². The van der Waals surface area contributed by atoms with Crippen molar-refractivity contribution in [2.75, 3.05) is 38.4 Å². The van der Waals surface area contributed by atoms with Gasteiger partial charge in [0.1, 0.15) is 28.9 Å². The number of primary amides is 1. The lowest BCUT2D eigenvalue weighted by molar-refractivity contribution is -0.153. The normalized spacial score (nSPS) is 25.6. The highest BCUT2D eigenvalue weighted by Crippen LogP contribution is 2.54. The van der Waals surface area contributed by atoms with E-state index in [0.717, 1.165) is 0 Å². The number of aliphatic hydroxyl groups excluding tert-OH is 2. The van der Waals surface area contributed by atoms with E-state index in [9.17, 15) is 39.6 Å². The third kappa shape index (κ3) is 5.41. The van der Waals surface area contributed by atoms with Crippen molar-refractivity contribution >= 4 is 40.5 Å². The first-order chi connectivity index (χ1) is 20.6. The molecule has 0 aliphatic heterocycles. The summed E-state index contributed by atoms with van der Waals surface area (Å²) in [6.45, 7) is 9.25. The van der Waals surface area contributed by atoms with E-state index in [-0.39, 0.29) is 41.5 Å². The maximum atomic E-state index is 14.2. The number of aliphatic hydroxyl groups is 3. The van der Waals surface area contributed by atoms with Gasteiger partial charge in [0.15, 0.2) is 11.4 Å². The molecule has 0 heterocycles. The Morgan fingerprint density at radius 1 is 1.09 bits per heavy atom. The molecule has 5 atom stereocenters. The first-order valence-corrected chi connectivity index (χ1v) is 14.9. The maximum absolute atomic E-state index is 14.2. The van der Waals surface area contributed by atoms with Crippen LogP contribution in [0.25, 0.3) is 5.76 Å². The van der Waals surface area contributed by atoms with Crippen LogP contribution in [0, 0.1) is 17.8 Å². The number of hydrogen-bond acceptors (Lipinski definition) is 11. The zero-order valence-corrected chi connectivity index (χ0v) is 27.3. The Morgan fingerprint density at radius 3 is 2.18 bits per heavy atom. The number of nitrogens with two attached hydrogens (primary N) is 1. The molecule has 0 bridgehead atoms. The van der Waals surface area contributed by atoms with Crippen LogP contribution in [0.2, 0.25) is 0 Å². The molecule has 3 aliphatic rings. The summed E-state index contributed by atoms with van der Waals surface area (Å²) in [5.74, 6) is -7.71. The highest BCUT2D eigenvalue weighted by atomic mass is 16.3. The summed E-state index contributed by atoms with van der Waals surface area (Å²) in [5.41, 5.74) is 2.26. The van der Waals surface area contributed by atoms with Gasteiger partial charge in [0.2, 0.25) is 11.7 Å². The average molecular weight is 628 g/mol. The Labute approximate surface area is 262 Å². The number of ketones is 2. The van der Waals surface area contributed by atoms with Crippen LogP contribution in [-0.4, -0.2) is 100 Å². The number of phenolic OH excluding ortho intramolecular Hbond substituents is 1. The molecule has 1 aromatic carbocycles. The Morgan fingerprint density at radius 2 is 1.69 bits per heavy atom. The smallest absolute Gasteiger partial charge is 0.255 e. The second-order valence-corrected chi connectivity index (χ2v) is 14.1. The summed E-state index contributed by atoms with van der Waals surface area (Å²) in [4.78, 5) is 56.2. The first kappa shape index (κ1) is 33.8. The zero-order valence-electron chi connectivity index (χ0n) is 27.3. The molecule has 13 heteroatoms. The number of fused-ring (bicyclic) bond motifs is 3. The number of rotatable bonds is 7. The van der Waals surface area contributed by atoms with E-state index in [4.69, 9.17) is 5.73 Å². The van der Waals surface area contributed by atoms with Crippen molar-refractivity contribution in [1.29, 1.82) is 0 Å². The van der Waals surface area contributed by atoms with Crippen LogP contribution < -0.4 is 21.3 Å². The molecule has 5 unspecified atom stereocenters. The number of Topliss-reactive ketones (excluding diaryl/α,β-unsaturated/α-hetero) is 2. The number of benzene rings is 1. The Bertz CT molecular complexity index is 1540. The van der Waals surface area contributed by atoms with E-state index < -0.39 is 75.4 Å². The molecule has 1 fully saturated rings. The van der Waals surface area contributed by atoms with Crippen LogP contribution in [0.5, 0.6) is 5.75 Å². The number of anilines is 2. The molecule has 246 valence electrons. The van der Waals surface area contributed by atoms with Crippen LogP contribution >= 0.6 is 0 Å². The van der Waals surface area contributed by atoms with Gasteiger partial charge in [-0.05, 0) is 71.2 Å². The highest BCUT2D eigenvalue weighted by Gasteiger charge is 2.64. The molecule has 0 saturated heterocycles. The standard InChI is InChI=1S/C32H45N5O8/c1-13(2)22(30(44)35-31(3,4)5)34-17-12-18(36(6)7)15-10-14-11-16-23(37(8)9)26(40)21(29(33)43)28(42)32(16,45)27(41)19(14)25(39)20(15)24(17)38/h12-14,16,22-23,34,38-39,42,45H,10-11H2,1-9H3,(H2,33,43)(H,35,44). The summed E-state index contributed by atoms with van der Waals surface area (Å²) in [6.07, 6.45) is 0.135. The molecule has 4 rings (SSSR count). The van der Waals surface area contributed by atoms with Crippen LogP contribution in [-0.2, 0) is 25.6 Å². The Kier molecular flexibility index (Phi) is 8.53. The number of nitrogens with zero attached hydrogens (tertiary/aromatic N) is 2. The van der Waals surface area contributed by atoms with E-state index >= 15 is 0 Å². The number of hydrogen-bond donors (Lipinski definition) is 7. The minimum atomic E-state index is -2.73. The SMILES string of the molecule is CC(C)C(Nc1cc(N(C)C)c2c(c1O)C(O)=C1C(=O)C3(O)C(O)=C(C(N)=O)C(=O)C(N(C)C)C3CC1C2)C(=O)NC(C)(C)C. The van der Waals surface area contributed by atoms with Crippen LogP contribution in [0.3, 0.4) is 0 Å². The number of amides is 2. The van der Waals surface area contributed by atoms with Gasteiger partial charge in [0.25, 0.3) is 5.91 Å². The average Bonchev–Trinajstić information content (AvgIpc) is 2.88. The van der Waals surface area contributed by atoms with Gasteiger partial charge in [-0.2, -0.15) is 0 Å².